The van der Waals surface area contributed by atoms with Crippen molar-refractivity contribution in [2.45, 2.75) is 19.8 Å². The Bertz CT molecular complexity index is 1060. The molecule has 2 heterocycles. The molecule has 2 amide bonds. The zero-order valence-corrected chi connectivity index (χ0v) is 17.1. The van der Waals surface area contributed by atoms with Crippen molar-refractivity contribution in [1.82, 2.24) is 4.98 Å². The number of ether oxygens (including phenoxy) is 1. The van der Waals surface area contributed by atoms with E-state index < -0.39 is 0 Å². The van der Waals surface area contributed by atoms with E-state index in [0.29, 0.717) is 23.7 Å². The van der Waals surface area contributed by atoms with Crippen molar-refractivity contribution >= 4 is 34.0 Å². The van der Waals surface area contributed by atoms with Gasteiger partial charge in [0.2, 0.25) is 5.91 Å². The second-order valence-electron chi connectivity index (χ2n) is 6.81. The fraction of sp³-hybridized carbons (Fsp3) is 0.227. The molecule has 1 N–H and O–H groups in total. The average molecular weight is 407 g/mol. The first-order valence-electron chi connectivity index (χ1n) is 9.39. The molecule has 4 rings (SSSR count). The molecule has 0 bridgehead atoms. The minimum absolute atomic E-state index is 0.0993. The SMILES string of the molecule is COc1ccc(-c2nc(NC(=O)c3cccc(N4CCCC4=O)c3)sc2C)cc1. The first-order valence-corrected chi connectivity index (χ1v) is 10.2. The lowest BCUT2D eigenvalue weighted by atomic mass is 10.1. The average Bonchev–Trinajstić information content (AvgIpc) is 3.33. The van der Waals surface area contributed by atoms with Crippen molar-refractivity contribution in [2.24, 2.45) is 0 Å². The molecule has 29 heavy (non-hydrogen) atoms. The number of amides is 2. The summed E-state index contributed by atoms with van der Waals surface area (Å²) in [4.78, 5) is 32.0. The van der Waals surface area contributed by atoms with Crippen molar-refractivity contribution in [2.75, 3.05) is 23.9 Å². The predicted octanol–water partition coefficient (Wildman–Crippen LogP) is 4.51. The Balaban J connectivity index is 1.52. The topological polar surface area (TPSA) is 71.5 Å². The molecule has 7 heteroatoms. The van der Waals surface area contributed by atoms with E-state index in [2.05, 4.69) is 10.3 Å². The molecule has 1 fully saturated rings. The van der Waals surface area contributed by atoms with Gasteiger partial charge in [-0.05, 0) is 55.8 Å². The molecule has 3 aromatic rings. The highest BCUT2D eigenvalue weighted by Crippen LogP contribution is 2.31. The number of aromatic nitrogens is 1. The van der Waals surface area contributed by atoms with Gasteiger partial charge in [0.25, 0.3) is 5.91 Å². The van der Waals surface area contributed by atoms with Crippen LogP contribution in [0.5, 0.6) is 5.75 Å². The number of nitrogens with zero attached hydrogens (tertiary/aromatic N) is 2. The van der Waals surface area contributed by atoms with Crippen LogP contribution in [-0.2, 0) is 4.79 Å². The summed E-state index contributed by atoms with van der Waals surface area (Å²) >= 11 is 1.43. The molecule has 0 atom stereocenters. The summed E-state index contributed by atoms with van der Waals surface area (Å²) in [6, 6.07) is 14.8. The normalized spacial score (nSPS) is 13.6. The fourth-order valence-corrected chi connectivity index (χ4v) is 4.20. The van der Waals surface area contributed by atoms with Crippen LogP contribution in [0.2, 0.25) is 0 Å². The second-order valence-corrected chi connectivity index (χ2v) is 8.01. The smallest absolute Gasteiger partial charge is 0.257 e. The first-order chi connectivity index (χ1) is 14.0. The fourth-order valence-electron chi connectivity index (χ4n) is 3.37. The summed E-state index contributed by atoms with van der Waals surface area (Å²) in [6.45, 7) is 2.67. The van der Waals surface area contributed by atoms with E-state index in [1.165, 1.54) is 11.3 Å². The molecule has 1 aromatic heterocycles. The quantitative estimate of drug-likeness (QED) is 0.676. The summed E-state index contributed by atoms with van der Waals surface area (Å²) in [5.41, 5.74) is 3.06. The van der Waals surface area contributed by atoms with Crippen molar-refractivity contribution in [3.8, 4) is 17.0 Å². The van der Waals surface area contributed by atoms with Gasteiger partial charge < -0.3 is 9.64 Å². The summed E-state index contributed by atoms with van der Waals surface area (Å²) < 4.78 is 5.20. The van der Waals surface area contributed by atoms with Crippen LogP contribution in [0.4, 0.5) is 10.8 Å². The molecule has 6 nitrogen and oxygen atoms in total. The number of rotatable bonds is 5. The highest BCUT2D eigenvalue weighted by Gasteiger charge is 2.22. The number of benzene rings is 2. The zero-order valence-electron chi connectivity index (χ0n) is 16.3. The highest BCUT2D eigenvalue weighted by atomic mass is 32.1. The number of thiazole rings is 1. The van der Waals surface area contributed by atoms with Crippen molar-refractivity contribution in [3.63, 3.8) is 0 Å². The third-order valence-electron chi connectivity index (χ3n) is 4.87. The number of hydrogen-bond acceptors (Lipinski definition) is 5. The number of aryl methyl sites for hydroxylation is 1. The summed E-state index contributed by atoms with van der Waals surface area (Å²) in [5, 5.41) is 3.42. The lowest BCUT2D eigenvalue weighted by Crippen LogP contribution is -2.24. The summed E-state index contributed by atoms with van der Waals surface area (Å²) in [7, 11) is 1.63. The summed E-state index contributed by atoms with van der Waals surface area (Å²) in [6.07, 6.45) is 1.41. The van der Waals surface area contributed by atoms with Gasteiger partial charge in [-0.3, -0.25) is 14.9 Å². The van der Waals surface area contributed by atoms with Gasteiger partial charge in [0.1, 0.15) is 5.75 Å². The Morgan fingerprint density at radius 2 is 2.00 bits per heavy atom. The van der Waals surface area contributed by atoms with E-state index in [4.69, 9.17) is 4.74 Å². The molecule has 1 aliphatic heterocycles. The number of hydrogen-bond donors (Lipinski definition) is 1. The predicted molar refractivity (Wildman–Crippen MR) is 115 cm³/mol. The lowest BCUT2D eigenvalue weighted by molar-refractivity contribution is -0.117. The van der Waals surface area contributed by atoms with Crippen LogP contribution in [0.1, 0.15) is 28.1 Å². The van der Waals surface area contributed by atoms with E-state index in [0.717, 1.165) is 34.0 Å². The van der Waals surface area contributed by atoms with Crippen LogP contribution in [0.15, 0.2) is 48.5 Å². The maximum atomic E-state index is 12.7. The van der Waals surface area contributed by atoms with E-state index >= 15 is 0 Å². The first kappa shape index (κ1) is 19.1. The number of methoxy groups -OCH3 is 1. The number of carbonyl (C=O) groups is 2. The lowest BCUT2D eigenvalue weighted by Gasteiger charge is -2.16. The highest BCUT2D eigenvalue weighted by molar-refractivity contribution is 7.16. The van der Waals surface area contributed by atoms with Gasteiger partial charge in [-0.2, -0.15) is 0 Å². The van der Waals surface area contributed by atoms with Gasteiger partial charge in [-0.1, -0.05) is 6.07 Å². The molecule has 2 aromatic carbocycles. The van der Waals surface area contributed by atoms with Gasteiger partial charge in [0.15, 0.2) is 5.13 Å². The Kier molecular flexibility index (Phi) is 5.31. The Morgan fingerprint density at radius 3 is 2.69 bits per heavy atom. The maximum absolute atomic E-state index is 12.7. The number of carbonyl (C=O) groups excluding carboxylic acids is 2. The van der Waals surface area contributed by atoms with Gasteiger partial charge in [-0.15, -0.1) is 11.3 Å². The van der Waals surface area contributed by atoms with E-state index in [9.17, 15) is 9.59 Å². The monoisotopic (exact) mass is 407 g/mol. The Labute approximate surface area is 173 Å². The minimum Gasteiger partial charge on any atom is -0.497 e. The van der Waals surface area contributed by atoms with E-state index in [1.54, 1.807) is 30.2 Å². The van der Waals surface area contributed by atoms with Gasteiger partial charge in [0, 0.05) is 34.7 Å². The molecular weight excluding hydrogens is 386 g/mol. The Morgan fingerprint density at radius 1 is 1.21 bits per heavy atom. The van der Waals surface area contributed by atoms with Crippen LogP contribution in [0.3, 0.4) is 0 Å². The molecule has 0 radical (unpaired) electrons. The van der Waals surface area contributed by atoms with Crippen molar-refractivity contribution in [3.05, 3.63) is 59.0 Å². The van der Waals surface area contributed by atoms with Crippen LogP contribution in [0.25, 0.3) is 11.3 Å². The van der Waals surface area contributed by atoms with E-state index in [1.807, 2.05) is 37.3 Å². The van der Waals surface area contributed by atoms with Gasteiger partial charge in [0.05, 0.1) is 12.8 Å². The van der Waals surface area contributed by atoms with Gasteiger partial charge >= 0.3 is 0 Å². The third-order valence-corrected chi connectivity index (χ3v) is 5.76. The largest absolute Gasteiger partial charge is 0.497 e. The molecule has 0 aliphatic carbocycles. The van der Waals surface area contributed by atoms with Crippen LogP contribution < -0.4 is 15.0 Å². The molecule has 1 saturated heterocycles. The molecule has 0 saturated carbocycles. The Hall–Kier alpha value is -3.19. The van der Waals surface area contributed by atoms with Gasteiger partial charge in [-0.25, -0.2) is 4.98 Å². The number of nitrogens with one attached hydrogen (secondary N) is 1. The molecule has 148 valence electrons. The van der Waals surface area contributed by atoms with Crippen LogP contribution in [0, 0.1) is 6.92 Å². The minimum atomic E-state index is -0.242. The van der Waals surface area contributed by atoms with Crippen molar-refractivity contribution < 1.29 is 14.3 Å². The molecule has 0 unspecified atom stereocenters. The molecule has 1 aliphatic rings. The third kappa shape index (κ3) is 4.00. The second kappa shape index (κ2) is 8.05. The van der Waals surface area contributed by atoms with Crippen LogP contribution in [-0.4, -0.2) is 30.5 Å². The molecule has 0 spiro atoms. The van der Waals surface area contributed by atoms with Crippen molar-refractivity contribution in [1.29, 1.82) is 0 Å². The van der Waals surface area contributed by atoms with E-state index in [-0.39, 0.29) is 11.8 Å². The zero-order chi connectivity index (χ0) is 20.4. The standard InChI is InChI=1S/C22H21N3O3S/c1-14-20(15-8-10-18(28-2)11-9-15)23-22(29-14)24-21(27)16-5-3-6-17(13-16)25-12-4-7-19(25)26/h3,5-6,8-11,13H,4,7,12H2,1-2H3,(H,23,24,27). The number of anilines is 2. The van der Waals surface area contributed by atoms with Crippen LogP contribution >= 0.6 is 11.3 Å². The summed E-state index contributed by atoms with van der Waals surface area (Å²) in [5.74, 6) is 0.641. The maximum Gasteiger partial charge on any atom is 0.257 e. The molecular formula is C22H21N3O3S.